The second-order valence-electron chi connectivity index (χ2n) is 3.86. The lowest BCUT2D eigenvalue weighted by Gasteiger charge is -2.18. The van der Waals surface area contributed by atoms with Gasteiger partial charge in [0.15, 0.2) is 0 Å². The van der Waals surface area contributed by atoms with Gasteiger partial charge in [-0.15, -0.1) is 0 Å². The Hall–Kier alpha value is -1.79. The Kier molecular flexibility index (Phi) is 5.41. The molecule has 0 saturated heterocycles. The highest BCUT2D eigenvalue weighted by atomic mass is 16.5. The summed E-state index contributed by atoms with van der Waals surface area (Å²) in [7, 11) is 3.12. The van der Waals surface area contributed by atoms with Crippen molar-refractivity contribution >= 4 is 17.3 Å². The average Bonchev–Trinajstić information content (AvgIpc) is 2.39. The minimum atomic E-state index is -0.233. The van der Waals surface area contributed by atoms with Gasteiger partial charge in [-0.05, 0) is 18.2 Å². The van der Waals surface area contributed by atoms with E-state index >= 15 is 0 Å². The topological polar surface area (TPSA) is 96.6 Å². The normalized spacial score (nSPS) is 11.9. The van der Waals surface area contributed by atoms with Crippen LogP contribution in [-0.4, -0.2) is 44.4 Å². The maximum Gasteiger partial charge on any atom is 0.251 e. The molecule has 0 aliphatic heterocycles. The monoisotopic (exact) mass is 253 g/mol. The van der Waals surface area contributed by atoms with E-state index in [0.29, 0.717) is 23.5 Å². The first-order valence-electron chi connectivity index (χ1n) is 5.60. The average molecular weight is 253 g/mol. The van der Waals surface area contributed by atoms with Crippen molar-refractivity contribution in [2.24, 2.45) is 0 Å². The minimum absolute atomic E-state index is 0.0650. The van der Waals surface area contributed by atoms with Crippen molar-refractivity contribution in [3.63, 3.8) is 0 Å². The molecular formula is C12H19N3O3. The summed E-state index contributed by atoms with van der Waals surface area (Å²) >= 11 is 0. The van der Waals surface area contributed by atoms with Crippen molar-refractivity contribution in [3.8, 4) is 0 Å². The van der Waals surface area contributed by atoms with Gasteiger partial charge < -0.3 is 26.2 Å². The zero-order valence-electron chi connectivity index (χ0n) is 10.6. The van der Waals surface area contributed by atoms with Crippen LogP contribution < -0.4 is 16.4 Å². The fourth-order valence-electron chi connectivity index (χ4n) is 1.54. The second-order valence-corrected chi connectivity index (χ2v) is 3.86. The van der Waals surface area contributed by atoms with E-state index in [9.17, 15) is 4.79 Å². The summed E-state index contributed by atoms with van der Waals surface area (Å²) in [6.45, 7) is 0.303. The van der Waals surface area contributed by atoms with E-state index in [-0.39, 0.29) is 18.6 Å². The largest absolute Gasteiger partial charge is 0.397 e. The number of nitrogens with one attached hydrogen (secondary N) is 2. The van der Waals surface area contributed by atoms with Crippen LogP contribution in [-0.2, 0) is 4.74 Å². The van der Waals surface area contributed by atoms with Crippen LogP contribution >= 0.6 is 0 Å². The molecule has 0 spiro atoms. The van der Waals surface area contributed by atoms with Crippen LogP contribution in [0.15, 0.2) is 18.2 Å². The zero-order valence-corrected chi connectivity index (χ0v) is 10.6. The molecule has 0 heterocycles. The molecule has 0 radical (unpaired) electrons. The number of anilines is 2. The van der Waals surface area contributed by atoms with Gasteiger partial charge in [-0.3, -0.25) is 4.79 Å². The molecule has 1 unspecified atom stereocenters. The molecule has 5 N–H and O–H groups in total. The minimum Gasteiger partial charge on any atom is -0.397 e. The first-order chi connectivity index (χ1) is 8.62. The Bertz CT molecular complexity index is 410. The van der Waals surface area contributed by atoms with Crippen LogP contribution in [0.1, 0.15) is 10.4 Å². The van der Waals surface area contributed by atoms with Gasteiger partial charge in [0, 0.05) is 19.7 Å². The fraction of sp³-hybridized carbons (Fsp3) is 0.417. The van der Waals surface area contributed by atoms with Gasteiger partial charge in [0.05, 0.1) is 30.6 Å². The number of hydrogen-bond acceptors (Lipinski definition) is 5. The first kappa shape index (κ1) is 14.3. The van der Waals surface area contributed by atoms with E-state index in [1.165, 1.54) is 0 Å². The molecule has 18 heavy (non-hydrogen) atoms. The number of aliphatic hydroxyl groups excluding tert-OH is 1. The molecule has 1 amide bonds. The highest BCUT2D eigenvalue weighted by molar-refractivity contribution is 5.95. The predicted octanol–water partition coefficient (Wildman–Crippen LogP) is 0.0476. The molecular weight excluding hydrogens is 234 g/mol. The molecule has 0 fully saturated rings. The van der Waals surface area contributed by atoms with Crippen molar-refractivity contribution in [1.29, 1.82) is 0 Å². The molecule has 0 aromatic heterocycles. The summed E-state index contributed by atoms with van der Waals surface area (Å²) in [5.41, 5.74) is 7.46. The molecule has 100 valence electrons. The molecule has 6 heteroatoms. The smallest absolute Gasteiger partial charge is 0.251 e. The number of amides is 1. The maximum atomic E-state index is 11.4. The Morgan fingerprint density at radius 3 is 2.78 bits per heavy atom. The van der Waals surface area contributed by atoms with E-state index in [1.54, 1.807) is 32.4 Å². The van der Waals surface area contributed by atoms with Crippen LogP contribution in [0.2, 0.25) is 0 Å². The highest BCUT2D eigenvalue weighted by Crippen LogP contribution is 2.20. The van der Waals surface area contributed by atoms with Crippen molar-refractivity contribution in [2.75, 3.05) is 38.4 Å². The Labute approximate surface area is 106 Å². The SMILES string of the molecule is CNC(=O)c1ccc(NC(CO)COC)c(N)c1. The number of benzene rings is 1. The molecule has 1 aromatic rings. The number of carbonyl (C=O) groups excluding carboxylic acids is 1. The number of hydrogen-bond donors (Lipinski definition) is 4. The van der Waals surface area contributed by atoms with Crippen molar-refractivity contribution in [2.45, 2.75) is 6.04 Å². The number of aliphatic hydroxyl groups is 1. The second kappa shape index (κ2) is 6.83. The van der Waals surface area contributed by atoms with Crippen LogP contribution in [0, 0.1) is 0 Å². The number of rotatable bonds is 6. The van der Waals surface area contributed by atoms with Gasteiger partial charge in [-0.25, -0.2) is 0 Å². The number of nitrogens with two attached hydrogens (primary N) is 1. The Morgan fingerprint density at radius 2 is 2.28 bits per heavy atom. The van der Waals surface area contributed by atoms with Gasteiger partial charge >= 0.3 is 0 Å². The summed E-state index contributed by atoms with van der Waals surface area (Å²) in [6, 6.07) is 4.72. The highest BCUT2D eigenvalue weighted by Gasteiger charge is 2.10. The molecule has 0 saturated carbocycles. The van der Waals surface area contributed by atoms with Gasteiger partial charge in [0.2, 0.25) is 0 Å². The summed E-state index contributed by atoms with van der Waals surface area (Å²) in [6.07, 6.45) is 0. The number of carbonyl (C=O) groups is 1. The maximum absolute atomic E-state index is 11.4. The van der Waals surface area contributed by atoms with Crippen molar-refractivity contribution in [3.05, 3.63) is 23.8 Å². The molecule has 1 atom stereocenters. The molecule has 6 nitrogen and oxygen atoms in total. The summed E-state index contributed by atoms with van der Waals surface area (Å²) in [5, 5.41) is 14.7. The molecule has 0 bridgehead atoms. The quantitative estimate of drug-likeness (QED) is 0.537. The summed E-state index contributed by atoms with van der Waals surface area (Å²) < 4.78 is 4.96. The van der Waals surface area contributed by atoms with E-state index < -0.39 is 0 Å². The molecule has 1 aromatic carbocycles. The number of nitrogen functional groups attached to an aromatic ring is 1. The van der Waals surface area contributed by atoms with E-state index in [2.05, 4.69) is 10.6 Å². The van der Waals surface area contributed by atoms with E-state index in [1.807, 2.05) is 0 Å². The standard InChI is InChI=1S/C12H19N3O3/c1-14-12(17)8-3-4-11(10(13)5-8)15-9(6-16)7-18-2/h3-5,9,15-16H,6-7,13H2,1-2H3,(H,14,17). The van der Waals surface area contributed by atoms with Crippen molar-refractivity contribution < 1.29 is 14.6 Å². The Balaban J connectivity index is 2.82. The van der Waals surface area contributed by atoms with Gasteiger partial charge in [0.1, 0.15) is 0 Å². The molecule has 1 rings (SSSR count). The third-order valence-corrected chi connectivity index (χ3v) is 2.49. The van der Waals surface area contributed by atoms with Crippen LogP contribution in [0.5, 0.6) is 0 Å². The lowest BCUT2D eigenvalue weighted by Crippen LogP contribution is -2.29. The third kappa shape index (κ3) is 3.61. The van der Waals surface area contributed by atoms with Crippen LogP contribution in [0.3, 0.4) is 0 Å². The number of ether oxygens (including phenoxy) is 1. The lowest BCUT2D eigenvalue weighted by molar-refractivity contribution is 0.0963. The summed E-state index contributed by atoms with van der Waals surface area (Å²) in [4.78, 5) is 11.4. The molecule has 0 aliphatic rings. The van der Waals surface area contributed by atoms with E-state index in [0.717, 1.165) is 0 Å². The molecule has 0 aliphatic carbocycles. The van der Waals surface area contributed by atoms with Gasteiger partial charge in [-0.2, -0.15) is 0 Å². The first-order valence-corrected chi connectivity index (χ1v) is 5.60. The van der Waals surface area contributed by atoms with Crippen LogP contribution in [0.4, 0.5) is 11.4 Å². The van der Waals surface area contributed by atoms with E-state index in [4.69, 9.17) is 15.6 Å². The lowest BCUT2D eigenvalue weighted by atomic mass is 10.1. The van der Waals surface area contributed by atoms with Gasteiger partial charge in [0.25, 0.3) is 5.91 Å². The predicted molar refractivity (Wildman–Crippen MR) is 70.6 cm³/mol. The van der Waals surface area contributed by atoms with Crippen LogP contribution in [0.25, 0.3) is 0 Å². The summed E-state index contributed by atoms with van der Waals surface area (Å²) in [5.74, 6) is -0.191. The van der Waals surface area contributed by atoms with Crippen molar-refractivity contribution in [1.82, 2.24) is 5.32 Å². The fourth-order valence-corrected chi connectivity index (χ4v) is 1.54. The number of methoxy groups -OCH3 is 1. The van der Waals surface area contributed by atoms with Gasteiger partial charge in [-0.1, -0.05) is 0 Å². The third-order valence-electron chi connectivity index (χ3n) is 2.49. The zero-order chi connectivity index (χ0) is 13.5. The Morgan fingerprint density at radius 1 is 1.56 bits per heavy atom.